The van der Waals surface area contributed by atoms with Gasteiger partial charge in [0.1, 0.15) is 5.75 Å². The minimum absolute atomic E-state index is 0.0449. The van der Waals surface area contributed by atoms with Crippen molar-refractivity contribution in [3.63, 3.8) is 0 Å². The summed E-state index contributed by atoms with van der Waals surface area (Å²) in [7, 11) is 1.70. The number of hydrogen-bond acceptors (Lipinski definition) is 3. The van der Waals surface area contributed by atoms with E-state index in [0.717, 1.165) is 31.0 Å². The number of methoxy groups -OCH3 is 1. The molecule has 3 nitrogen and oxygen atoms in total. The topological polar surface area (TPSA) is 30.5 Å². The normalized spacial score (nSPS) is 12.7. The third-order valence-electron chi connectivity index (χ3n) is 2.70. The summed E-state index contributed by atoms with van der Waals surface area (Å²) in [5.41, 5.74) is 1.11. The predicted molar refractivity (Wildman–Crippen MR) is 75.1 cm³/mol. The van der Waals surface area contributed by atoms with Gasteiger partial charge in [-0.25, -0.2) is 0 Å². The summed E-state index contributed by atoms with van der Waals surface area (Å²) >= 11 is 0. The van der Waals surface area contributed by atoms with Gasteiger partial charge in [-0.1, -0.05) is 39.0 Å². The number of rotatable bonds is 8. The van der Waals surface area contributed by atoms with Gasteiger partial charge < -0.3 is 14.8 Å². The molecule has 0 aromatic heterocycles. The van der Waals surface area contributed by atoms with Crippen molar-refractivity contribution in [3.8, 4) is 5.75 Å². The van der Waals surface area contributed by atoms with Crippen LogP contribution in [0.3, 0.4) is 0 Å². The van der Waals surface area contributed by atoms with Gasteiger partial charge in [0.05, 0.1) is 13.2 Å². The molecule has 1 aromatic rings. The molecule has 1 N–H and O–H groups in total. The average molecular weight is 251 g/mol. The van der Waals surface area contributed by atoms with Gasteiger partial charge in [-0.15, -0.1) is 0 Å². The first-order valence-corrected chi connectivity index (χ1v) is 6.64. The minimum Gasteiger partial charge on any atom is -0.496 e. The Morgan fingerprint density at radius 1 is 1.22 bits per heavy atom. The van der Waals surface area contributed by atoms with E-state index in [9.17, 15) is 0 Å². The fourth-order valence-electron chi connectivity index (χ4n) is 1.78. The first-order valence-electron chi connectivity index (χ1n) is 6.64. The first-order chi connectivity index (χ1) is 8.69. The lowest BCUT2D eigenvalue weighted by Gasteiger charge is -2.21. The van der Waals surface area contributed by atoms with E-state index in [4.69, 9.17) is 9.47 Å². The average Bonchev–Trinajstić information content (AvgIpc) is 2.38. The molecule has 1 rings (SSSR count). The first kappa shape index (κ1) is 15.0. The fraction of sp³-hybridized carbons (Fsp3) is 0.600. The molecule has 0 spiro atoms. The van der Waals surface area contributed by atoms with E-state index in [1.54, 1.807) is 7.11 Å². The summed E-state index contributed by atoms with van der Waals surface area (Å²) in [4.78, 5) is 0. The van der Waals surface area contributed by atoms with Crippen LogP contribution in [0.4, 0.5) is 0 Å². The molecule has 1 atom stereocenters. The van der Waals surface area contributed by atoms with E-state index in [2.05, 4.69) is 32.2 Å². The summed E-state index contributed by atoms with van der Waals surface area (Å²) < 4.78 is 11.4. The van der Waals surface area contributed by atoms with Gasteiger partial charge in [-0.05, 0) is 18.5 Å². The Hall–Kier alpha value is -1.06. The summed E-state index contributed by atoms with van der Waals surface area (Å²) in [5.74, 6) is 1.42. The molecule has 0 saturated carbocycles. The number of likely N-dealkylation sites (N-methyl/N-ethyl adjacent to an activating group) is 1. The molecular formula is C15H25NO2. The van der Waals surface area contributed by atoms with Gasteiger partial charge in [0.25, 0.3) is 0 Å². The van der Waals surface area contributed by atoms with E-state index in [-0.39, 0.29) is 6.10 Å². The predicted octanol–water partition coefficient (Wildman–Crippen LogP) is 3.02. The molecule has 0 aliphatic heterocycles. The molecule has 0 aliphatic rings. The molecule has 1 aromatic carbocycles. The number of nitrogens with one attached hydrogen (secondary N) is 1. The molecule has 0 saturated heterocycles. The maximum absolute atomic E-state index is 5.99. The third-order valence-corrected chi connectivity index (χ3v) is 2.70. The molecule has 0 aliphatic carbocycles. The van der Waals surface area contributed by atoms with Crippen molar-refractivity contribution in [2.45, 2.75) is 26.9 Å². The Kier molecular flexibility index (Phi) is 6.76. The van der Waals surface area contributed by atoms with Gasteiger partial charge in [0, 0.05) is 18.7 Å². The molecule has 0 amide bonds. The summed E-state index contributed by atoms with van der Waals surface area (Å²) in [6, 6.07) is 8.05. The molecule has 3 heteroatoms. The molecule has 18 heavy (non-hydrogen) atoms. The number of hydrogen-bond donors (Lipinski definition) is 1. The highest BCUT2D eigenvalue weighted by Gasteiger charge is 2.16. The van der Waals surface area contributed by atoms with Gasteiger partial charge in [0.2, 0.25) is 0 Å². The zero-order chi connectivity index (χ0) is 13.4. The molecule has 102 valence electrons. The zero-order valence-electron chi connectivity index (χ0n) is 11.9. The highest BCUT2D eigenvalue weighted by molar-refractivity contribution is 5.35. The second-order valence-corrected chi connectivity index (χ2v) is 4.77. The van der Waals surface area contributed by atoms with E-state index in [1.165, 1.54) is 0 Å². The monoisotopic (exact) mass is 251 g/mol. The standard InChI is InChI=1S/C15H25NO2/c1-5-16-10-15(18-11-12(2)3)13-8-6-7-9-14(13)17-4/h6-9,12,15-16H,5,10-11H2,1-4H3. The Morgan fingerprint density at radius 2 is 1.94 bits per heavy atom. The van der Waals surface area contributed by atoms with Crippen molar-refractivity contribution in [1.82, 2.24) is 5.32 Å². The Morgan fingerprint density at radius 3 is 2.56 bits per heavy atom. The SMILES string of the molecule is CCNCC(OCC(C)C)c1ccccc1OC. The largest absolute Gasteiger partial charge is 0.496 e. The smallest absolute Gasteiger partial charge is 0.124 e. The lowest BCUT2D eigenvalue weighted by Crippen LogP contribution is -2.24. The van der Waals surface area contributed by atoms with Crippen molar-refractivity contribution in [2.24, 2.45) is 5.92 Å². The number of ether oxygens (including phenoxy) is 2. The number of para-hydroxylation sites is 1. The van der Waals surface area contributed by atoms with E-state index in [1.807, 2.05) is 18.2 Å². The summed E-state index contributed by atoms with van der Waals surface area (Å²) in [5, 5.41) is 3.34. The van der Waals surface area contributed by atoms with Crippen molar-refractivity contribution in [3.05, 3.63) is 29.8 Å². The van der Waals surface area contributed by atoms with Gasteiger partial charge in [-0.3, -0.25) is 0 Å². The third kappa shape index (κ3) is 4.67. The van der Waals surface area contributed by atoms with Crippen LogP contribution >= 0.6 is 0 Å². The Bertz CT molecular complexity index is 339. The lowest BCUT2D eigenvalue weighted by molar-refractivity contribution is 0.0340. The van der Waals surface area contributed by atoms with Crippen LogP contribution in [0, 0.1) is 5.92 Å². The zero-order valence-corrected chi connectivity index (χ0v) is 11.9. The van der Waals surface area contributed by atoms with Crippen LogP contribution < -0.4 is 10.1 Å². The van der Waals surface area contributed by atoms with Gasteiger partial charge in [0.15, 0.2) is 0 Å². The van der Waals surface area contributed by atoms with Crippen molar-refractivity contribution >= 4 is 0 Å². The molecule has 0 bridgehead atoms. The minimum atomic E-state index is 0.0449. The number of benzene rings is 1. The lowest BCUT2D eigenvalue weighted by atomic mass is 10.1. The van der Waals surface area contributed by atoms with Crippen LogP contribution in [0.15, 0.2) is 24.3 Å². The van der Waals surface area contributed by atoms with Gasteiger partial charge in [-0.2, -0.15) is 0 Å². The highest BCUT2D eigenvalue weighted by atomic mass is 16.5. The van der Waals surface area contributed by atoms with E-state index < -0.39 is 0 Å². The molecule has 1 unspecified atom stereocenters. The van der Waals surface area contributed by atoms with E-state index in [0.29, 0.717) is 5.92 Å². The van der Waals surface area contributed by atoms with Crippen LogP contribution in [0.2, 0.25) is 0 Å². The molecule has 0 heterocycles. The van der Waals surface area contributed by atoms with Crippen molar-refractivity contribution in [2.75, 3.05) is 26.8 Å². The second kappa shape index (κ2) is 8.11. The highest BCUT2D eigenvalue weighted by Crippen LogP contribution is 2.27. The van der Waals surface area contributed by atoms with Crippen LogP contribution in [0.5, 0.6) is 5.75 Å². The van der Waals surface area contributed by atoms with E-state index >= 15 is 0 Å². The quantitative estimate of drug-likeness (QED) is 0.770. The maximum Gasteiger partial charge on any atom is 0.124 e. The summed E-state index contributed by atoms with van der Waals surface area (Å²) in [6.45, 7) is 8.93. The maximum atomic E-state index is 5.99. The van der Waals surface area contributed by atoms with Crippen molar-refractivity contribution < 1.29 is 9.47 Å². The molecule has 0 radical (unpaired) electrons. The van der Waals surface area contributed by atoms with Crippen LogP contribution in [0.25, 0.3) is 0 Å². The molecular weight excluding hydrogens is 226 g/mol. The van der Waals surface area contributed by atoms with Crippen LogP contribution in [0.1, 0.15) is 32.4 Å². The Balaban J connectivity index is 2.79. The summed E-state index contributed by atoms with van der Waals surface area (Å²) in [6.07, 6.45) is 0.0449. The molecule has 0 fully saturated rings. The van der Waals surface area contributed by atoms with Gasteiger partial charge >= 0.3 is 0 Å². The van der Waals surface area contributed by atoms with Crippen molar-refractivity contribution in [1.29, 1.82) is 0 Å². The second-order valence-electron chi connectivity index (χ2n) is 4.77. The van der Waals surface area contributed by atoms with Crippen LogP contribution in [-0.2, 0) is 4.74 Å². The van der Waals surface area contributed by atoms with Crippen LogP contribution in [-0.4, -0.2) is 26.8 Å². The fourth-order valence-corrected chi connectivity index (χ4v) is 1.78. The Labute approximate surface area is 110 Å².